The second kappa shape index (κ2) is 5.56. The van der Waals surface area contributed by atoms with Crippen molar-refractivity contribution in [3.63, 3.8) is 0 Å². The number of H-pyrrole nitrogens is 1. The largest absolute Gasteiger partial charge is 0.338 e. The van der Waals surface area contributed by atoms with Crippen LogP contribution in [-0.4, -0.2) is 15.0 Å². The number of aromatic nitrogens is 3. The zero-order valence-corrected chi connectivity index (χ0v) is 13.5. The van der Waals surface area contributed by atoms with Gasteiger partial charge in [-0.3, -0.25) is 4.98 Å². The SMILES string of the molecule is c1ccc(-c2ccc(-c3nc4c(ccc5ncccc54)[nH]3)cc2)cc1. The van der Waals surface area contributed by atoms with E-state index in [0.717, 1.165) is 33.3 Å². The van der Waals surface area contributed by atoms with Crippen molar-refractivity contribution in [1.82, 2.24) is 15.0 Å². The van der Waals surface area contributed by atoms with Crippen LogP contribution in [-0.2, 0) is 0 Å². The molecule has 0 amide bonds. The molecule has 0 saturated carbocycles. The number of benzene rings is 3. The van der Waals surface area contributed by atoms with Gasteiger partial charge in [0.05, 0.1) is 16.6 Å². The van der Waals surface area contributed by atoms with Crippen molar-refractivity contribution in [2.24, 2.45) is 0 Å². The lowest BCUT2D eigenvalue weighted by Crippen LogP contribution is -1.82. The molecule has 0 aliphatic carbocycles. The molecule has 0 bridgehead atoms. The average molecular weight is 321 g/mol. The van der Waals surface area contributed by atoms with Crippen LogP contribution >= 0.6 is 0 Å². The highest BCUT2D eigenvalue weighted by Gasteiger charge is 2.09. The normalized spacial score (nSPS) is 11.2. The van der Waals surface area contributed by atoms with Crippen LogP contribution in [0, 0.1) is 0 Å². The Morgan fingerprint density at radius 3 is 2.24 bits per heavy atom. The predicted molar refractivity (Wildman–Crippen MR) is 102 cm³/mol. The minimum Gasteiger partial charge on any atom is -0.338 e. The summed E-state index contributed by atoms with van der Waals surface area (Å²) in [4.78, 5) is 12.6. The maximum absolute atomic E-state index is 4.82. The highest BCUT2D eigenvalue weighted by molar-refractivity contribution is 6.03. The summed E-state index contributed by atoms with van der Waals surface area (Å²) in [6.45, 7) is 0. The molecule has 2 aromatic heterocycles. The van der Waals surface area contributed by atoms with Gasteiger partial charge in [0.2, 0.25) is 0 Å². The van der Waals surface area contributed by atoms with Crippen molar-refractivity contribution >= 4 is 21.9 Å². The summed E-state index contributed by atoms with van der Waals surface area (Å²) in [7, 11) is 0. The van der Waals surface area contributed by atoms with E-state index in [0.29, 0.717) is 0 Å². The average Bonchev–Trinajstić information content (AvgIpc) is 3.14. The van der Waals surface area contributed by atoms with E-state index in [1.807, 2.05) is 30.5 Å². The molecule has 0 spiro atoms. The molecule has 3 heteroatoms. The second-order valence-corrected chi connectivity index (χ2v) is 6.06. The molecule has 2 heterocycles. The Kier molecular flexibility index (Phi) is 3.10. The molecule has 0 aliphatic rings. The van der Waals surface area contributed by atoms with E-state index < -0.39 is 0 Å². The van der Waals surface area contributed by atoms with Gasteiger partial charge in [0.1, 0.15) is 5.82 Å². The topological polar surface area (TPSA) is 41.6 Å². The van der Waals surface area contributed by atoms with Crippen LogP contribution in [0.25, 0.3) is 44.5 Å². The van der Waals surface area contributed by atoms with Crippen LogP contribution in [0.15, 0.2) is 85.1 Å². The molecule has 3 aromatic carbocycles. The molecular formula is C22H15N3. The highest BCUT2D eigenvalue weighted by Crippen LogP contribution is 2.27. The minimum absolute atomic E-state index is 0.881. The molecule has 0 aliphatic heterocycles. The fourth-order valence-corrected chi connectivity index (χ4v) is 3.21. The maximum atomic E-state index is 4.82. The molecule has 0 fully saturated rings. The Morgan fingerprint density at radius 1 is 0.640 bits per heavy atom. The molecule has 0 saturated heterocycles. The number of hydrogen-bond donors (Lipinski definition) is 1. The van der Waals surface area contributed by atoms with Gasteiger partial charge in [0, 0.05) is 17.1 Å². The Bertz CT molecular complexity index is 1170. The van der Waals surface area contributed by atoms with Crippen LogP contribution in [0.2, 0.25) is 0 Å². The second-order valence-electron chi connectivity index (χ2n) is 6.06. The van der Waals surface area contributed by atoms with E-state index in [1.165, 1.54) is 11.1 Å². The number of rotatable bonds is 2. The molecule has 1 N–H and O–H groups in total. The van der Waals surface area contributed by atoms with E-state index in [1.54, 1.807) is 0 Å². The lowest BCUT2D eigenvalue weighted by Gasteiger charge is -2.02. The minimum atomic E-state index is 0.881. The van der Waals surface area contributed by atoms with Crippen LogP contribution < -0.4 is 0 Å². The predicted octanol–water partition coefficient (Wildman–Crippen LogP) is 5.45. The zero-order valence-electron chi connectivity index (χ0n) is 13.5. The Morgan fingerprint density at radius 2 is 1.40 bits per heavy atom. The molecule has 3 nitrogen and oxygen atoms in total. The van der Waals surface area contributed by atoms with Gasteiger partial charge in [0.25, 0.3) is 0 Å². The molecule has 5 aromatic rings. The summed E-state index contributed by atoms with van der Waals surface area (Å²) in [5.41, 5.74) is 6.46. The number of fused-ring (bicyclic) bond motifs is 3. The van der Waals surface area contributed by atoms with Crippen LogP contribution in [0.4, 0.5) is 0 Å². The van der Waals surface area contributed by atoms with Crippen LogP contribution in [0.3, 0.4) is 0 Å². The van der Waals surface area contributed by atoms with Gasteiger partial charge in [-0.1, -0.05) is 54.6 Å². The van der Waals surface area contributed by atoms with Crippen molar-refractivity contribution < 1.29 is 0 Å². The van der Waals surface area contributed by atoms with E-state index in [2.05, 4.69) is 64.6 Å². The number of pyridine rings is 1. The van der Waals surface area contributed by atoms with Gasteiger partial charge in [-0.2, -0.15) is 0 Å². The fraction of sp³-hybridized carbons (Fsp3) is 0. The monoisotopic (exact) mass is 321 g/mol. The molecule has 5 rings (SSSR count). The first-order valence-corrected chi connectivity index (χ1v) is 8.28. The van der Waals surface area contributed by atoms with E-state index >= 15 is 0 Å². The molecular weight excluding hydrogens is 306 g/mol. The standard InChI is InChI=1S/C22H15N3/c1-2-5-15(6-3-1)16-8-10-17(11-9-16)22-24-20-13-12-19-18(21(20)25-22)7-4-14-23-19/h1-14H,(H,24,25). The van der Waals surface area contributed by atoms with Crippen molar-refractivity contribution in [3.8, 4) is 22.5 Å². The first-order valence-electron chi connectivity index (χ1n) is 8.28. The van der Waals surface area contributed by atoms with Gasteiger partial charge < -0.3 is 4.98 Å². The molecule has 118 valence electrons. The zero-order chi connectivity index (χ0) is 16.6. The number of nitrogens with zero attached hydrogens (tertiary/aromatic N) is 2. The van der Waals surface area contributed by atoms with Crippen molar-refractivity contribution in [2.45, 2.75) is 0 Å². The quantitative estimate of drug-likeness (QED) is 0.470. The fourth-order valence-electron chi connectivity index (χ4n) is 3.21. The van der Waals surface area contributed by atoms with E-state index in [-0.39, 0.29) is 0 Å². The highest BCUT2D eigenvalue weighted by atomic mass is 14.9. The lowest BCUT2D eigenvalue weighted by atomic mass is 10.0. The van der Waals surface area contributed by atoms with E-state index in [9.17, 15) is 0 Å². The van der Waals surface area contributed by atoms with E-state index in [4.69, 9.17) is 4.98 Å². The number of imidazole rings is 1. The van der Waals surface area contributed by atoms with Crippen molar-refractivity contribution in [1.29, 1.82) is 0 Å². The van der Waals surface area contributed by atoms with Crippen molar-refractivity contribution in [3.05, 3.63) is 85.1 Å². The molecule has 25 heavy (non-hydrogen) atoms. The summed E-state index contributed by atoms with van der Waals surface area (Å²) in [5.74, 6) is 0.881. The summed E-state index contributed by atoms with van der Waals surface area (Å²) in [5, 5.41) is 1.07. The maximum Gasteiger partial charge on any atom is 0.138 e. The van der Waals surface area contributed by atoms with Crippen LogP contribution in [0.5, 0.6) is 0 Å². The Hall–Kier alpha value is -3.46. The smallest absolute Gasteiger partial charge is 0.138 e. The summed E-state index contributed by atoms with van der Waals surface area (Å²) >= 11 is 0. The first-order chi connectivity index (χ1) is 12.4. The Labute approximate surface area is 145 Å². The lowest BCUT2D eigenvalue weighted by molar-refractivity contribution is 1.34. The van der Waals surface area contributed by atoms with Gasteiger partial charge in [-0.05, 0) is 35.4 Å². The summed E-state index contributed by atoms with van der Waals surface area (Å²) < 4.78 is 0. The number of nitrogens with one attached hydrogen (secondary N) is 1. The number of hydrogen-bond acceptors (Lipinski definition) is 2. The van der Waals surface area contributed by atoms with Gasteiger partial charge >= 0.3 is 0 Å². The summed E-state index contributed by atoms with van der Waals surface area (Å²) in [6, 6.07) is 27.0. The Balaban J connectivity index is 1.60. The molecule has 0 atom stereocenters. The summed E-state index contributed by atoms with van der Waals surface area (Å²) in [6.07, 6.45) is 1.81. The first kappa shape index (κ1) is 13.9. The van der Waals surface area contributed by atoms with Crippen molar-refractivity contribution in [2.75, 3.05) is 0 Å². The third-order valence-electron chi connectivity index (χ3n) is 4.50. The van der Waals surface area contributed by atoms with Gasteiger partial charge in [0.15, 0.2) is 0 Å². The van der Waals surface area contributed by atoms with Crippen LogP contribution in [0.1, 0.15) is 0 Å². The molecule has 0 unspecified atom stereocenters. The third kappa shape index (κ3) is 2.37. The van der Waals surface area contributed by atoms with Gasteiger partial charge in [-0.15, -0.1) is 0 Å². The molecule has 0 radical (unpaired) electrons. The van der Waals surface area contributed by atoms with Gasteiger partial charge in [-0.25, -0.2) is 4.98 Å². The third-order valence-corrected chi connectivity index (χ3v) is 4.50. The number of aromatic amines is 1.